The van der Waals surface area contributed by atoms with Gasteiger partial charge in [-0.3, -0.25) is 13.9 Å². The van der Waals surface area contributed by atoms with Crippen LogP contribution in [0.1, 0.15) is 50.2 Å². The highest BCUT2D eigenvalue weighted by Gasteiger charge is 2.35. The molecule has 2 amide bonds. The highest BCUT2D eigenvalue weighted by atomic mass is 35.5. The number of fused-ring (bicyclic) bond motifs is 1. The Morgan fingerprint density at radius 2 is 1.61 bits per heavy atom. The number of halogens is 2. The molecule has 0 aromatic heterocycles. The number of carbonyl (C=O) groups is 2. The number of rotatable bonds is 12. The number of anilines is 1. The Labute approximate surface area is 280 Å². The monoisotopic (exact) mass is 687 g/mol. The van der Waals surface area contributed by atoms with E-state index in [1.807, 2.05) is 30.3 Å². The molecule has 3 aromatic carbocycles. The molecule has 3 aromatic rings. The van der Waals surface area contributed by atoms with Gasteiger partial charge in [-0.2, -0.15) is 0 Å². The zero-order valence-electron chi connectivity index (χ0n) is 25.8. The van der Waals surface area contributed by atoms with Crippen molar-refractivity contribution in [3.63, 3.8) is 0 Å². The molecular formula is C34H39Cl2N3O6S. The number of hydrogen-bond acceptors (Lipinski definition) is 6. The molecule has 2 aliphatic rings. The highest BCUT2D eigenvalue weighted by Crippen LogP contribution is 2.35. The molecule has 0 bridgehead atoms. The predicted molar refractivity (Wildman–Crippen MR) is 180 cm³/mol. The maximum absolute atomic E-state index is 14.5. The maximum Gasteiger partial charge on any atom is 0.244 e. The number of ether oxygens (including phenoxy) is 2. The van der Waals surface area contributed by atoms with Crippen molar-refractivity contribution >= 4 is 50.7 Å². The van der Waals surface area contributed by atoms with Crippen LogP contribution in [0.15, 0.2) is 66.7 Å². The third-order valence-electron chi connectivity index (χ3n) is 8.35. The molecule has 1 saturated carbocycles. The largest absolute Gasteiger partial charge is 0.486 e. The number of carbonyl (C=O) groups excluding carboxylic acids is 2. The van der Waals surface area contributed by atoms with Crippen molar-refractivity contribution in [1.29, 1.82) is 0 Å². The van der Waals surface area contributed by atoms with Gasteiger partial charge in [0.25, 0.3) is 0 Å². The Kier molecular flexibility index (Phi) is 11.4. The summed E-state index contributed by atoms with van der Waals surface area (Å²) >= 11 is 12.5. The van der Waals surface area contributed by atoms with Crippen molar-refractivity contribution in [2.24, 2.45) is 0 Å². The van der Waals surface area contributed by atoms with Gasteiger partial charge in [0.15, 0.2) is 11.5 Å². The topological polar surface area (TPSA) is 105 Å². The van der Waals surface area contributed by atoms with Crippen molar-refractivity contribution in [3.8, 4) is 11.5 Å². The summed E-state index contributed by atoms with van der Waals surface area (Å²) in [5.74, 6) is -0.171. The maximum atomic E-state index is 14.5. The van der Waals surface area contributed by atoms with Crippen molar-refractivity contribution in [2.45, 2.75) is 64.1 Å². The fourth-order valence-electron chi connectivity index (χ4n) is 5.84. The number of amides is 2. The Balaban J connectivity index is 1.53. The summed E-state index contributed by atoms with van der Waals surface area (Å²) in [6, 6.07) is 18.4. The van der Waals surface area contributed by atoms with Crippen LogP contribution in [-0.2, 0) is 32.6 Å². The summed E-state index contributed by atoms with van der Waals surface area (Å²) in [4.78, 5) is 30.1. The van der Waals surface area contributed by atoms with Crippen LogP contribution in [-0.4, -0.2) is 62.7 Å². The van der Waals surface area contributed by atoms with Gasteiger partial charge in [0.2, 0.25) is 21.8 Å². The molecule has 1 heterocycles. The van der Waals surface area contributed by atoms with Gasteiger partial charge < -0.3 is 19.7 Å². The molecule has 46 heavy (non-hydrogen) atoms. The number of sulfonamides is 1. The third kappa shape index (κ3) is 8.46. The first-order valence-electron chi connectivity index (χ1n) is 15.6. The van der Waals surface area contributed by atoms with Gasteiger partial charge in [0.1, 0.15) is 25.8 Å². The van der Waals surface area contributed by atoms with Crippen molar-refractivity contribution < 1.29 is 27.5 Å². The summed E-state index contributed by atoms with van der Waals surface area (Å²) in [6.45, 7) is 1.71. The fourth-order valence-corrected chi connectivity index (χ4v) is 7.21. The Hall–Kier alpha value is -3.47. The molecule has 1 atom stereocenters. The summed E-state index contributed by atoms with van der Waals surface area (Å²) in [6.07, 6.45) is 5.16. The standard InChI is InChI=1S/C34H39Cl2N3O6S/c1-2-46(42,43)39(27-14-16-31-32(21-27)45-18-17-44-31)23-33(40)38(22-25-13-15-28(35)29(36)19-25)30(20-24-9-5-3-6-10-24)34(41)37-26-11-7-4-8-12-26/h3,5-6,9-10,13-16,19,21,26,30H,2,4,7-8,11-12,17-18,20,22-23H2,1H3,(H,37,41)/t30-/m1/s1. The van der Waals surface area contributed by atoms with Crippen LogP contribution in [0, 0.1) is 0 Å². The number of nitrogens with one attached hydrogen (secondary N) is 1. The minimum atomic E-state index is -3.93. The lowest BCUT2D eigenvalue weighted by molar-refractivity contribution is -0.140. The highest BCUT2D eigenvalue weighted by molar-refractivity contribution is 7.92. The van der Waals surface area contributed by atoms with E-state index in [4.69, 9.17) is 32.7 Å². The van der Waals surface area contributed by atoms with Crippen LogP contribution in [0.3, 0.4) is 0 Å². The fraction of sp³-hybridized carbons (Fsp3) is 0.412. The van der Waals surface area contributed by atoms with E-state index in [9.17, 15) is 18.0 Å². The van der Waals surface area contributed by atoms with E-state index < -0.39 is 28.5 Å². The van der Waals surface area contributed by atoms with Gasteiger partial charge in [-0.15, -0.1) is 0 Å². The molecule has 1 fully saturated rings. The molecule has 1 aliphatic heterocycles. The van der Waals surface area contributed by atoms with E-state index in [0.29, 0.717) is 40.3 Å². The zero-order valence-corrected chi connectivity index (χ0v) is 28.1. The van der Waals surface area contributed by atoms with Gasteiger partial charge in [0.05, 0.1) is 21.5 Å². The second-order valence-corrected chi connectivity index (χ2v) is 14.6. The number of hydrogen-bond donors (Lipinski definition) is 1. The van der Waals surface area contributed by atoms with Crippen molar-refractivity contribution in [2.75, 3.05) is 29.8 Å². The SMILES string of the molecule is CCS(=O)(=O)N(CC(=O)N(Cc1ccc(Cl)c(Cl)c1)[C@H](Cc1ccccc1)C(=O)NC1CCCCC1)c1ccc2c(c1)OCCO2. The summed E-state index contributed by atoms with van der Waals surface area (Å²) < 4.78 is 39.4. The van der Waals surface area contributed by atoms with E-state index in [0.717, 1.165) is 42.0 Å². The first kappa shape index (κ1) is 33.9. The second-order valence-electron chi connectivity index (χ2n) is 11.6. The number of benzene rings is 3. The van der Waals surface area contributed by atoms with E-state index in [1.54, 1.807) is 36.4 Å². The lowest BCUT2D eigenvalue weighted by atomic mass is 9.94. The van der Waals surface area contributed by atoms with Gasteiger partial charge in [-0.05, 0) is 55.2 Å². The predicted octanol–water partition coefficient (Wildman–Crippen LogP) is 6.01. The molecular weight excluding hydrogens is 649 g/mol. The average molecular weight is 689 g/mol. The normalized spacial score (nSPS) is 15.5. The van der Waals surface area contributed by atoms with E-state index in [2.05, 4.69) is 5.32 Å². The quantitative estimate of drug-likeness (QED) is 0.250. The summed E-state index contributed by atoms with van der Waals surface area (Å²) in [5, 5.41) is 3.87. The van der Waals surface area contributed by atoms with Crippen LogP contribution in [0.5, 0.6) is 11.5 Å². The molecule has 1 N–H and O–H groups in total. The van der Waals surface area contributed by atoms with Crippen LogP contribution in [0.2, 0.25) is 10.0 Å². The van der Waals surface area contributed by atoms with Gasteiger partial charge in [0, 0.05) is 25.1 Å². The van der Waals surface area contributed by atoms with Crippen molar-refractivity contribution in [1.82, 2.24) is 10.2 Å². The van der Waals surface area contributed by atoms with E-state index in [1.165, 1.54) is 11.8 Å². The average Bonchev–Trinajstić information content (AvgIpc) is 3.07. The first-order chi connectivity index (χ1) is 22.1. The molecule has 246 valence electrons. The van der Waals surface area contributed by atoms with E-state index in [-0.39, 0.29) is 36.4 Å². The van der Waals surface area contributed by atoms with Crippen molar-refractivity contribution in [3.05, 3.63) is 87.9 Å². The molecule has 0 unspecified atom stereocenters. The molecule has 12 heteroatoms. The van der Waals surface area contributed by atoms with Gasteiger partial charge in [-0.25, -0.2) is 8.42 Å². The molecule has 0 saturated heterocycles. The Morgan fingerprint density at radius 3 is 2.30 bits per heavy atom. The minimum absolute atomic E-state index is 0.00641. The van der Waals surface area contributed by atoms with Gasteiger partial charge in [-0.1, -0.05) is 78.9 Å². The van der Waals surface area contributed by atoms with Crippen LogP contribution < -0.4 is 19.1 Å². The van der Waals surface area contributed by atoms with Crippen LogP contribution in [0.25, 0.3) is 0 Å². The lowest BCUT2D eigenvalue weighted by Gasteiger charge is -2.35. The molecule has 0 spiro atoms. The van der Waals surface area contributed by atoms with Crippen LogP contribution in [0.4, 0.5) is 5.69 Å². The smallest absolute Gasteiger partial charge is 0.244 e. The molecule has 1 aliphatic carbocycles. The Morgan fingerprint density at radius 1 is 0.891 bits per heavy atom. The second kappa shape index (κ2) is 15.4. The first-order valence-corrected chi connectivity index (χ1v) is 18.0. The minimum Gasteiger partial charge on any atom is -0.486 e. The van der Waals surface area contributed by atoms with Crippen LogP contribution >= 0.6 is 23.2 Å². The zero-order chi connectivity index (χ0) is 32.7. The molecule has 9 nitrogen and oxygen atoms in total. The third-order valence-corrected chi connectivity index (χ3v) is 10.8. The summed E-state index contributed by atoms with van der Waals surface area (Å²) in [5.41, 5.74) is 1.78. The summed E-state index contributed by atoms with van der Waals surface area (Å²) in [7, 11) is -3.93. The Bertz CT molecular complexity index is 1630. The molecule has 0 radical (unpaired) electrons. The van der Waals surface area contributed by atoms with E-state index >= 15 is 0 Å². The lowest BCUT2D eigenvalue weighted by Crippen LogP contribution is -2.55. The molecule has 5 rings (SSSR count). The number of nitrogens with zero attached hydrogens (tertiary/aromatic N) is 2. The van der Waals surface area contributed by atoms with Gasteiger partial charge >= 0.3 is 0 Å².